The number of carbonyl (C=O) groups is 1. The van der Waals surface area contributed by atoms with Crippen molar-refractivity contribution in [3.05, 3.63) is 64.2 Å². The minimum atomic E-state index is -0.628. The van der Waals surface area contributed by atoms with Crippen LogP contribution in [-0.2, 0) is 24.2 Å². The van der Waals surface area contributed by atoms with Crippen LogP contribution in [0.2, 0.25) is 0 Å². The molecule has 5 N–H and O–H groups in total. The molecule has 2 aromatic rings. The third-order valence-corrected chi connectivity index (χ3v) is 5.33. The number of nitrogens with two attached hydrogens (primary N) is 2. The van der Waals surface area contributed by atoms with E-state index in [2.05, 4.69) is 12.1 Å². The maximum atomic E-state index is 13.1. The van der Waals surface area contributed by atoms with Crippen LogP contribution in [0.3, 0.4) is 0 Å². The summed E-state index contributed by atoms with van der Waals surface area (Å²) in [5, 5.41) is 9.70. The molecule has 0 fully saturated rings. The van der Waals surface area contributed by atoms with Gasteiger partial charge in [-0.05, 0) is 66.6 Å². The number of phenols is 1. The van der Waals surface area contributed by atoms with E-state index in [0.29, 0.717) is 19.5 Å². The van der Waals surface area contributed by atoms with Crippen LogP contribution < -0.4 is 11.5 Å². The van der Waals surface area contributed by atoms with Crippen molar-refractivity contribution < 1.29 is 9.90 Å². The molecule has 0 saturated carbocycles. The van der Waals surface area contributed by atoms with E-state index >= 15 is 0 Å². The number of nitrogens with zero attached hydrogens (tertiary/aromatic N) is 1. The maximum Gasteiger partial charge on any atom is 0.240 e. The van der Waals surface area contributed by atoms with Gasteiger partial charge in [0.1, 0.15) is 5.75 Å². The fourth-order valence-electron chi connectivity index (χ4n) is 3.87. The van der Waals surface area contributed by atoms with Crippen molar-refractivity contribution in [2.75, 3.05) is 6.54 Å². The molecule has 138 valence electrons. The van der Waals surface area contributed by atoms with Crippen LogP contribution in [0.1, 0.15) is 27.8 Å². The molecule has 2 aromatic carbocycles. The molecule has 0 radical (unpaired) electrons. The summed E-state index contributed by atoms with van der Waals surface area (Å²) in [5.41, 5.74) is 17.6. The van der Waals surface area contributed by atoms with Crippen LogP contribution in [0.25, 0.3) is 0 Å². The van der Waals surface area contributed by atoms with E-state index in [1.807, 2.05) is 30.9 Å². The first-order chi connectivity index (χ1) is 12.4. The number of fused-ring (bicyclic) bond motifs is 1. The molecule has 1 aliphatic heterocycles. The molecule has 0 aliphatic carbocycles. The van der Waals surface area contributed by atoms with Crippen LogP contribution in [-0.4, -0.2) is 34.5 Å². The van der Waals surface area contributed by atoms with E-state index in [-0.39, 0.29) is 17.7 Å². The zero-order chi connectivity index (χ0) is 18.8. The Morgan fingerprint density at radius 1 is 1.23 bits per heavy atom. The molecule has 1 aliphatic rings. The Labute approximate surface area is 154 Å². The van der Waals surface area contributed by atoms with E-state index in [1.165, 1.54) is 5.56 Å². The number of aromatic hydroxyl groups is 1. The van der Waals surface area contributed by atoms with Crippen molar-refractivity contribution in [3.63, 3.8) is 0 Å². The second kappa shape index (κ2) is 7.48. The summed E-state index contributed by atoms with van der Waals surface area (Å²) in [7, 11) is 0. The zero-order valence-corrected chi connectivity index (χ0v) is 15.4. The lowest BCUT2D eigenvalue weighted by Crippen LogP contribution is -2.53. The summed E-state index contributed by atoms with van der Waals surface area (Å²) in [6, 6.07) is 10.9. The molecular weight excluding hydrogens is 326 g/mol. The van der Waals surface area contributed by atoms with Gasteiger partial charge in [0.2, 0.25) is 5.91 Å². The highest BCUT2D eigenvalue weighted by Crippen LogP contribution is 2.25. The van der Waals surface area contributed by atoms with Gasteiger partial charge in [-0.3, -0.25) is 4.79 Å². The van der Waals surface area contributed by atoms with Crippen molar-refractivity contribution in [1.82, 2.24) is 4.90 Å². The average Bonchev–Trinajstić information content (AvgIpc) is 2.62. The number of aryl methyl sites for hydroxylation is 2. The number of hydrogen-bond acceptors (Lipinski definition) is 4. The molecule has 0 saturated heterocycles. The molecule has 2 atom stereocenters. The summed E-state index contributed by atoms with van der Waals surface area (Å²) in [4.78, 5) is 14.9. The summed E-state index contributed by atoms with van der Waals surface area (Å²) in [6.45, 7) is 4.83. The third kappa shape index (κ3) is 3.59. The number of hydrogen-bond donors (Lipinski definition) is 3. The Morgan fingerprint density at radius 3 is 2.46 bits per heavy atom. The molecule has 1 amide bonds. The molecule has 5 heteroatoms. The number of phenolic OH excluding ortho intramolecular Hbond substituents is 1. The monoisotopic (exact) mass is 353 g/mol. The molecular formula is C21H27N3O2. The van der Waals surface area contributed by atoms with Gasteiger partial charge < -0.3 is 21.5 Å². The third-order valence-electron chi connectivity index (χ3n) is 5.33. The summed E-state index contributed by atoms with van der Waals surface area (Å²) < 4.78 is 0. The van der Waals surface area contributed by atoms with Gasteiger partial charge in [-0.15, -0.1) is 0 Å². The standard InChI is InChI=1S/C21H27N3O2/c1-13-7-18(25)8-14(2)19(13)10-20(23)21(26)24-12-16-6-4-3-5-15(16)9-17(24)11-22/h3-8,17,20,25H,9-12,22-23H2,1-2H3/t17-,20-/m0/s1. The molecule has 5 nitrogen and oxygen atoms in total. The van der Waals surface area contributed by atoms with Gasteiger partial charge in [0.15, 0.2) is 0 Å². The quantitative estimate of drug-likeness (QED) is 0.781. The van der Waals surface area contributed by atoms with Gasteiger partial charge in [0, 0.05) is 19.1 Å². The van der Waals surface area contributed by atoms with E-state index in [1.54, 1.807) is 12.1 Å². The predicted molar refractivity (Wildman–Crippen MR) is 103 cm³/mol. The van der Waals surface area contributed by atoms with Crippen molar-refractivity contribution in [2.24, 2.45) is 11.5 Å². The number of carbonyl (C=O) groups excluding carboxylic acids is 1. The fraction of sp³-hybridized carbons (Fsp3) is 0.381. The van der Waals surface area contributed by atoms with Crippen molar-refractivity contribution in [3.8, 4) is 5.75 Å². The number of amides is 1. The molecule has 3 rings (SSSR count). The van der Waals surface area contributed by atoms with Crippen molar-refractivity contribution in [2.45, 2.75) is 45.3 Å². The van der Waals surface area contributed by atoms with E-state index < -0.39 is 6.04 Å². The second-order valence-corrected chi connectivity index (χ2v) is 7.20. The van der Waals surface area contributed by atoms with Gasteiger partial charge in [-0.2, -0.15) is 0 Å². The lowest BCUT2D eigenvalue weighted by molar-refractivity contribution is -0.135. The predicted octanol–water partition coefficient (Wildman–Crippen LogP) is 1.79. The average molecular weight is 353 g/mol. The molecule has 0 bridgehead atoms. The Morgan fingerprint density at radius 2 is 1.85 bits per heavy atom. The van der Waals surface area contributed by atoms with Crippen LogP contribution in [0.4, 0.5) is 0 Å². The highest BCUT2D eigenvalue weighted by atomic mass is 16.3. The Bertz CT molecular complexity index is 796. The van der Waals surface area contributed by atoms with E-state index in [0.717, 1.165) is 28.7 Å². The summed E-state index contributed by atoms with van der Waals surface area (Å²) >= 11 is 0. The largest absolute Gasteiger partial charge is 0.508 e. The smallest absolute Gasteiger partial charge is 0.240 e. The van der Waals surface area contributed by atoms with E-state index in [4.69, 9.17) is 11.5 Å². The fourth-order valence-corrected chi connectivity index (χ4v) is 3.87. The topological polar surface area (TPSA) is 92.6 Å². The normalized spacial score (nSPS) is 17.7. The maximum absolute atomic E-state index is 13.1. The number of rotatable bonds is 4. The highest BCUT2D eigenvalue weighted by Gasteiger charge is 2.31. The first kappa shape index (κ1) is 18.4. The van der Waals surface area contributed by atoms with Crippen LogP contribution >= 0.6 is 0 Å². The van der Waals surface area contributed by atoms with E-state index in [9.17, 15) is 9.90 Å². The Kier molecular flexibility index (Phi) is 5.30. The molecule has 0 spiro atoms. The minimum Gasteiger partial charge on any atom is -0.508 e. The Balaban J connectivity index is 1.80. The highest BCUT2D eigenvalue weighted by molar-refractivity contribution is 5.82. The van der Waals surface area contributed by atoms with Gasteiger partial charge in [-0.1, -0.05) is 24.3 Å². The zero-order valence-electron chi connectivity index (χ0n) is 15.4. The lowest BCUT2D eigenvalue weighted by Gasteiger charge is -2.38. The van der Waals surface area contributed by atoms with Gasteiger partial charge in [0.05, 0.1) is 6.04 Å². The molecule has 0 unspecified atom stereocenters. The SMILES string of the molecule is Cc1cc(O)cc(C)c1C[C@H](N)C(=O)N1Cc2ccccc2C[C@H]1CN. The summed E-state index contributed by atoms with van der Waals surface area (Å²) in [6.07, 6.45) is 1.22. The van der Waals surface area contributed by atoms with Gasteiger partial charge >= 0.3 is 0 Å². The van der Waals surface area contributed by atoms with Gasteiger partial charge in [-0.25, -0.2) is 0 Å². The first-order valence-electron chi connectivity index (χ1n) is 9.02. The molecule has 0 aromatic heterocycles. The second-order valence-electron chi connectivity index (χ2n) is 7.20. The van der Waals surface area contributed by atoms with Gasteiger partial charge in [0.25, 0.3) is 0 Å². The van der Waals surface area contributed by atoms with Crippen molar-refractivity contribution in [1.29, 1.82) is 0 Å². The summed E-state index contributed by atoms with van der Waals surface area (Å²) in [5.74, 6) is 0.168. The van der Waals surface area contributed by atoms with Crippen LogP contribution in [0.5, 0.6) is 5.75 Å². The van der Waals surface area contributed by atoms with Crippen LogP contribution in [0, 0.1) is 13.8 Å². The molecule has 1 heterocycles. The first-order valence-corrected chi connectivity index (χ1v) is 9.02. The van der Waals surface area contributed by atoms with Crippen molar-refractivity contribution >= 4 is 5.91 Å². The minimum absolute atomic E-state index is 0.0227. The Hall–Kier alpha value is -2.37. The van der Waals surface area contributed by atoms with Crippen LogP contribution in [0.15, 0.2) is 36.4 Å². The molecule has 26 heavy (non-hydrogen) atoms. The lowest BCUT2D eigenvalue weighted by atomic mass is 9.92. The number of benzene rings is 2.